The molecule has 0 aliphatic rings. The Balaban J connectivity index is 2.24. The summed E-state index contributed by atoms with van der Waals surface area (Å²) < 4.78 is 31.3. The molecule has 37 heavy (non-hydrogen) atoms. The van der Waals surface area contributed by atoms with Crippen LogP contribution in [0.3, 0.4) is 0 Å². The molecule has 0 aliphatic carbocycles. The lowest BCUT2D eigenvalue weighted by molar-refractivity contribution is -0.141. The standard InChI is InChI=1S/C26H35Cl2N3O5S/c1-6-24(26(33)29-18(2)3)30(17-19-9-10-20(27)16-23(19)28)25(32)8-7-15-31(37(5,34)35)21-11-13-22(36-4)14-12-21/h9-14,16,18,24H,6-8,15,17H2,1-5H3,(H,29,33). The van der Waals surface area contributed by atoms with Gasteiger partial charge in [0.25, 0.3) is 0 Å². The van der Waals surface area contributed by atoms with Gasteiger partial charge in [-0.15, -0.1) is 0 Å². The number of ether oxygens (including phenoxy) is 1. The zero-order valence-corrected chi connectivity index (χ0v) is 24.2. The van der Waals surface area contributed by atoms with Crippen LogP contribution in [0.2, 0.25) is 10.0 Å². The highest BCUT2D eigenvalue weighted by Gasteiger charge is 2.29. The van der Waals surface area contributed by atoms with Gasteiger partial charge in [0.05, 0.1) is 19.1 Å². The Bertz CT molecular complexity index is 1170. The summed E-state index contributed by atoms with van der Waals surface area (Å²) in [5, 5.41) is 3.74. The molecule has 0 aromatic heterocycles. The van der Waals surface area contributed by atoms with E-state index in [4.69, 9.17) is 27.9 Å². The Morgan fingerprint density at radius 1 is 1.08 bits per heavy atom. The van der Waals surface area contributed by atoms with Gasteiger partial charge in [0.15, 0.2) is 0 Å². The molecule has 2 rings (SSSR count). The fraction of sp³-hybridized carbons (Fsp3) is 0.462. The lowest BCUT2D eigenvalue weighted by Crippen LogP contribution is -2.50. The van der Waals surface area contributed by atoms with Crippen LogP contribution >= 0.6 is 23.2 Å². The minimum Gasteiger partial charge on any atom is -0.497 e. The molecular weight excluding hydrogens is 537 g/mol. The molecule has 1 N–H and O–H groups in total. The molecule has 2 aromatic carbocycles. The number of methoxy groups -OCH3 is 1. The van der Waals surface area contributed by atoms with E-state index in [1.54, 1.807) is 42.5 Å². The Morgan fingerprint density at radius 2 is 1.73 bits per heavy atom. The molecule has 2 aromatic rings. The minimum absolute atomic E-state index is 0.0405. The third-order valence-corrected chi connectivity index (χ3v) is 7.47. The van der Waals surface area contributed by atoms with E-state index in [1.165, 1.54) is 16.3 Å². The Morgan fingerprint density at radius 3 is 2.24 bits per heavy atom. The molecule has 0 fully saturated rings. The van der Waals surface area contributed by atoms with Gasteiger partial charge >= 0.3 is 0 Å². The van der Waals surface area contributed by atoms with E-state index >= 15 is 0 Å². The maximum atomic E-state index is 13.5. The topological polar surface area (TPSA) is 96.0 Å². The number of nitrogens with one attached hydrogen (secondary N) is 1. The van der Waals surface area contributed by atoms with Crippen LogP contribution in [0.5, 0.6) is 5.75 Å². The molecule has 8 nitrogen and oxygen atoms in total. The van der Waals surface area contributed by atoms with E-state index in [9.17, 15) is 18.0 Å². The number of halogens is 2. The molecule has 0 radical (unpaired) electrons. The van der Waals surface area contributed by atoms with Crippen molar-refractivity contribution in [3.05, 3.63) is 58.1 Å². The van der Waals surface area contributed by atoms with E-state index in [0.29, 0.717) is 33.5 Å². The van der Waals surface area contributed by atoms with Gasteiger partial charge < -0.3 is 15.0 Å². The van der Waals surface area contributed by atoms with Gasteiger partial charge in [0, 0.05) is 35.6 Å². The van der Waals surface area contributed by atoms with E-state index < -0.39 is 16.1 Å². The largest absolute Gasteiger partial charge is 0.497 e. The number of anilines is 1. The average molecular weight is 573 g/mol. The Labute approximate surface area is 229 Å². The van der Waals surface area contributed by atoms with Gasteiger partial charge in [0.1, 0.15) is 11.8 Å². The second kappa shape index (κ2) is 13.9. The van der Waals surface area contributed by atoms with Crippen LogP contribution in [0.15, 0.2) is 42.5 Å². The number of sulfonamides is 1. The molecule has 1 atom stereocenters. The highest BCUT2D eigenvalue weighted by atomic mass is 35.5. The third kappa shape index (κ3) is 9.09. The summed E-state index contributed by atoms with van der Waals surface area (Å²) in [7, 11) is -2.06. The molecule has 0 heterocycles. The number of rotatable bonds is 13. The van der Waals surface area contributed by atoms with Crippen molar-refractivity contribution in [3.63, 3.8) is 0 Å². The van der Waals surface area contributed by atoms with Crippen molar-refractivity contribution in [3.8, 4) is 5.75 Å². The summed E-state index contributed by atoms with van der Waals surface area (Å²) in [6.07, 6.45) is 1.82. The maximum Gasteiger partial charge on any atom is 0.243 e. The first kappa shape index (κ1) is 30.7. The van der Waals surface area contributed by atoms with Crippen LogP contribution in [0.4, 0.5) is 5.69 Å². The molecule has 0 saturated carbocycles. The van der Waals surface area contributed by atoms with Crippen molar-refractivity contribution in [1.82, 2.24) is 10.2 Å². The van der Waals surface area contributed by atoms with Crippen LogP contribution in [-0.2, 0) is 26.2 Å². The fourth-order valence-electron chi connectivity index (χ4n) is 3.89. The second-order valence-electron chi connectivity index (χ2n) is 8.98. The molecule has 0 aliphatic heterocycles. The summed E-state index contributed by atoms with van der Waals surface area (Å²) in [6.45, 7) is 5.76. The normalized spacial score (nSPS) is 12.2. The van der Waals surface area contributed by atoms with E-state index in [2.05, 4.69) is 5.32 Å². The number of amides is 2. The van der Waals surface area contributed by atoms with Gasteiger partial charge in [-0.05, 0) is 68.7 Å². The SMILES string of the molecule is CCC(C(=O)NC(C)C)N(Cc1ccc(Cl)cc1Cl)C(=O)CCCN(c1ccc(OC)cc1)S(C)(=O)=O. The lowest BCUT2D eigenvalue weighted by atomic mass is 10.1. The van der Waals surface area contributed by atoms with Crippen molar-refractivity contribution < 1.29 is 22.7 Å². The van der Waals surface area contributed by atoms with Crippen molar-refractivity contribution in [2.75, 3.05) is 24.2 Å². The summed E-state index contributed by atoms with van der Waals surface area (Å²) >= 11 is 12.4. The van der Waals surface area contributed by atoms with Crippen molar-refractivity contribution in [2.24, 2.45) is 0 Å². The predicted molar refractivity (Wildman–Crippen MR) is 149 cm³/mol. The van der Waals surface area contributed by atoms with E-state index in [0.717, 1.165) is 6.26 Å². The molecule has 1 unspecified atom stereocenters. The van der Waals surface area contributed by atoms with Gasteiger partial charge in [-0.3, -0.25) is 13.9 Å². The minimum atomic E-state index is -3.59. The Hall–Kier alpha value is -2.49. The lowest BCUT2D eigenvalue weighted by Gasteiger charge is -2.32. The summed E-state index contributed by atoms with van der Waals surface area (Å²) in [6, 6.07) is 10.9. The van der Waals surface area contributed by atoms with Crippen molar-refractivity contribution >= 4 is 50.7 Å². The van der Waals surface area contributed by atoms with Crippen LogP contribution in [0.25, 0.3) is 0 Å². The third-order valence-electron chi connectivity index (χ3n) is 5.69. The number of carbonyl (C=O) groups excluding carboxylic acids is 2. The zero-order valence-electron chi connectivity index (χ0n) is 21.8. The summed E-state index contributed by atoms with van der Waals surface area (Å²) in [4.78, 5) is 27.9. The first-order valence-electron chi connectivity index (χ1n) is 12.0. The maximum absolute atomic E-state index is 13.5. The van der Waals surface area contributed by atoms with Gasteiger partial charge in [-0.2, -0.15) is 0 Å². The number of benzene rings is 2. The fourth-order valence-corrected chi connectivity index (χ4v) is 5.32. The molecule has 11 heteroatoms. The van der Waals surface area contributed by atoms with Crippen molar-refractivity contribution in [2.45, 2.75) is 58.7 Å². The summed E-state index contributed by atoms with van der Waals surface area (Å²) in [5.74, 6) is 0.0704. The number of nitrogens with zero attached hydrogens (tertiary/aromatic N) is 2. The first-order valence-corrected chi connectivity index (χ1v) is 14.6. The molecule has 0 saturated heterocycles. The van der Waals surface area contributed by atoms with Crippen LogP contribution in [0.1, 0.15) is 45.6 Å². The molecular formula is C26H35Cl2N3O5S. The van der Waals surface area contributed by atoms with Gasteiger partial charge in [0.2, 0.25) is 21.8 Å². The van der Waals surface area contributed by atoms with Crippen molar-refractivity contribution in [1.29, 1.82) is 0 Å². The number of hydrogen-bond acceptors (Lipinski definition) is 5. The number of carbonyl (C=O) groups is 2. The molecule has 0 spiro atoms. The van der Waals surface area contributed by atoms with Gasteiger partial charge in [-0.25, -0.2) is 8.42 Å². The van der Waals surface area contributed by atoms with Crippen LogP contribution in [-0.4, -0.2) is 57.1 Å². The van der Waals surface area contributed by atoms with E-state index in [1.807, 2.05) is 20.8 Å². The van der Waals surface area contributed by atoms with Crippen LogP contribution in [0, 0.1) is 0 Å². The quantitative estimate of drug-likeness (QED) is 0.369. The predicted octanol–water partition coefficient (Wildman–Crippen LogP) is 4.88. The first-order chi connectivity index (χ1) is 17.4. The molecule has 2 amide bonds. The highest BCUT2D eigenvalue weighted by Crippen LogP contribution is 2.25. The monoisotopic (exact) mass is 571 g/mol. The van der Waals surface area contributed by atoms with E-state index in [-0.39, 0.29) is 43.8 Å². The van der Waals surface area contributed by atoms with Crippen LogP contribution < -0.4 is 14.4 Å². The molecule has 0 bridgehead atoms. The smallest absolute Gasteiger partial charge is 0.243 e. The second-order valence-corrected chi connectivity index (χ2v) is 11.7. The average Bonchev–Trinajstić information content (AvgIpc) is 2.81. The molecule has 204 valence electrons. The number of hydrogen-bond donors (Lipinski definition) is 1. The summed E-state index contributed by atoms with van der Waals surface area (Å²) in [5.41, 5.74) is 1.13. The highest BCUT2D eigenvalue weighted by molar-refractivity contribution is 7.92. The van der Waals surface area contributed by atoms with Gasteiger partial charge in [-0.1, -0.05) is 36.2 Å². The Kier molecular flexibility index (Phi) is 11.5. The zero-order chi connectivity index (χ0) is 27.8.